The van der Waals surface area contributed by atoms with Crippen LogP contribution >= 0.6 is 0 Å². The number of hydrogen-bond acceptors (Lipinski definition) is 3. The van der Waals surface area contributed by atoms with Gasteiger partial charge < -0.3 is 14.7 Å². The third-order valence-electron chi connectivity index (χ3n) is 4.49. The predicted molar refractivity (Wildman–Crippen MR) is 80.1 cm³/mol. The van der Waals surface area contributed by atoms with E-state index in [9.17, 15) is 5.11 Å². The van der Waals surface area contributed by atoms with E-state index in [1.807, 2.05) is 12.1 Å². The van der Waals surface area contributed by atoms with Crippen LogP contribution in [0.3, 0.4) is 0 Å². The van der Waals surface area contributed by atoms with Gasteiger partial charge in [0.15, 0.2) is 0 Å². The molecule has 0 bridgehead atoms. The molecular weight excluding hydrogens is 250 g/mol. The second kappa shape index (κ2) is 6.59. The minimum atomic E-state index is -0.299. The summed E-state index contributed by atoms with van der Waals surface area (Å²) in [5.41, 5.74) is 2.36. The molecule has 0 spiro atoms. The summed E-state index contributed by atoms with van der Waals surface area (Å²) in [5, 5.41) is 10.0. The van der Waals surface area contributed by atoms with E-state index in [0.29, 0.717) is 0 Å². The largest absolute Gasteiger partial charge is 0.494 e. The van der Waals surface area contributed by atoms with E-state index in [4.69, 9.17) is 4.74 Å². The predicted octanol–water partition coefficient (Wildman–Crippen LogP) is 2.92. The van der Waals surface area contributed by atoms with Crippen molar-refractivity contribution < 1.29 is 9.84 Å². The molecule has 20 heavy (non-hydrogen) atoms. The minimum Gasteiger partial charge on any atom is -0.494 e. The Balaban J connectivity index is 1.49. The number of ether oxygens (including phenoxy) is 1. The molecule has 0 amide bonds. The Hall–Kier alpha value is -1.06. The molecule has 3 heteroatoms. The van der Waals surface area contributed by atoms with Gasteiger partial charge in [0, 0.05) is 6.54 Å². The van der Waals surface area contributed by atoms with E-state index in [-0.39, 0.29) is 6.10 Å². The monoisotopic (exact) mass is 275 g/mol. The van der Waals surface area contributed by atoms with Gasteiger partial charge in [-0.15, -0.1) is 0 Å². The summed E-state index contributed by atoms with van der Waals surface area (Å²) in [5.74, 6) is 0.908. The van der Waals surface area contributed by atoms with Crippen LogP contribution in [0.25, 0.3) is 0 Å². The van der Waals surface area contributed by atoms with Crippen LogP contribution in [0.5, 0.6) is 5.75 Å². The van der Waals surface area contributed by atoms with E-state index in [0.717, 1.165) is 50.1 Å². The van der Waals surface area contributed by atoms with Crippen molar-refractivity contribution >= 4 is 0 Å². The van der Waals surface area contributed by atoms with Gasteiger partial charge in [-0.1, -0.05) is 6.07 Å². The fraction of sp³-hybridized carbons (Fsp3) is 0.647. The third kappa shape index (κ3) is 3.33. The van der Waals surface area contributed by atoms with Crippen LogP contribution in [0, 0.1) is 0 Å². The van der Waals surface area contributed by atoms with Gasteiger partial charge in [0.2, 0.25) is 0 Å². The van der Waals surface area contributed by atoms with E-state index < -0.39 is 0 Å². The summed E-state index contributed by atoms with van der Waals surface area (Å²) in [6.45, 7) is 4.43. The second-order valence-electron chi connectivity index (χ2n) is 6.02. The minimum absolute atomic E-state index is 0.299. The lowest BCUT2D eigenvalue weighted by atomic mass is 9.89. The second-order valence-corrected chi connectivity index (χ2v) is 6.02. The van der Waals surface area contributed by atoms with Gasteiger partial charge in [-0.25, -0.2) is 0 Å². The normalized spacial score (nSPS) is 22.8. The van der Waals surface area contributed by atoms with Crippen molar-refractivity contribution in [2.24, 2.45) is 0 Å². The fourth-order valence-corrected chi connectivity index (χ4v) is 3.33. The van der Waals surface area contributed by atoms with Gasteiger partial charge >= 0.3 is 0 Å². The molecule has 110 valence electrons. The first-order chi connectivity index (χ1) is 9.83. The summed E-state index contributed by atoms with van der Waals surface area (Å²) in [7, 11) is 0. The standard InChI is InChI=1S/C17H25NO2/c19-17-6-3-5-14-7-8-15(13-16(14)17)20-12-4-11-18-9-1-2-10-18/h7-8,13,17,19H,1-6,9-12H2/t17-/m1/s1. The molecule has 1 aliphatic heterocycles. The molecule has 3 nitrogen and oxygen atoms in total. The molecular formula is C17H25NO2. The highest BCUT2D eigenvalue weighted by Gasteiger charge is 2.18. The first-order valence-corrected chi connectivity index (χ1v) is 7.99. The molecule has 1 N–H and O–H groups in total. The molecule has 1 aromatic rings. The molecule has 3 rings (SSSR count). The van der Waals surface area contributed by atoms with E-state index >= 15 is 0 Å². The van der Waals surface area contributed by atoms with Gasteiger partial charge in [-0.05, 0) is 74.9 Å². The van der Waals surface area contributed by atoms with Crippen molar-refractivity contribution in [3.05, 3.63) is 29.3 Å². The van der Waals surface area contributed by atoms with Crippen molar-refractivity contribution in [3.63, 3.8) is 0 Å². The molecule has 1 fully saturated rings. The first kappa shape index (κ1) is 13.9. The Morgan fingerprint density at radius 3 is 2.90 bits per heavy atom. The Morgan fingerprint density at radius 1 is 1.20 bits per heavy atom. The average Bonchev–Trinajstić information content (AvgIpc) is 2.98. The summed E-state index contributed by atoms with van der Waals surface area (Å²) < 4.78 is 5.84. The number of aliphatic hydroxyl groups excluding tert-OH is 1. The van der Waals surface area contributed by atoms with Crippen LogP contribution in [0.15, 0.2) is 18.2 Å². The van der Waals surface area contributed by atoms with Crippen LogP contribution in [-0.4, -0.2) is 36.2 Å². The maximum Gasteiger partial charge on any atom is 0.119 e. The van der Waals surface area contributed by atoms with E-state index in [1.165, 1.54) is 31.5 Å². The van der Waals surface area contributed by atoms with Crippen LogP contribution < -0.4 is 4.74 Å². The number of rotatable bonds is 5. The summed E-state index contributed by atoms with van der Waals surface area (Å²) in [4.78, 5) is 2.51. The number of nitrogens with zero attached hydrogens (tertiary/aromatic N) is 1. The number of likely N-dealkylation sites (tertiary alicyclic amines) is 1. The number of benzene rings is 1. The Kier molecular flexibility index (Phi) is 4.58. The lowest BCUT2D eigenvalue weighted by Gasteiger charge is -2.22. The first-order valence-electron chi connectivity index (χ1n) is 7.99. The zero-order chi connectivity index (χ0) is 13.8. The number of fused-ring (bicyclic) bond motifs is 1. The molecule has 1 atom stereocenters. The average molecular weight is 275 g/mol. The third-order valence-corrected chi connectivity index (χ3v) is 4.49. The van der Waals surface area contributed by atoms with Crippen LogP contribution in [0.1, 0.15) is 49.3 Å². The van der Waals surface area contributed by atoms with Crippen molar-refractivity contribution in [1.82, 2.24) is 4.90 Å². The van der Waals surface area contributed by atoms with Crippen LogP contribution in [0.4, 0.5) is 0 Å². The Labute approximate surface area is 121 Å². The molecule has 0 saturated carbocycles. The fourth-order valence-electron chi connectivity index (χ4n) is 3.33. The SMILES string of the molecule is O[C@@H]1CCCc2ccc(OCCCN3CCCC3)cc21. The Bertz CT molecular complexity index is 441. The molecule has 2 aliphatic rings. The summed E-state index contributed by atoms with van der Waals surface area (Å²) >= 11 is 0. The molecule has 0 unspecified atom stereocenters. The van der Waals surface area contributed by atoms with Crippen LogP contribution in [-0.2, 0) is 6.42 Å². The Morgan fingerprint density at radius 2 is 2.05 bits per heavy atom. The van der Waals surface area contributed by atoms with E-state index in [1.54, 1.807) is 0 Å². The van der Waals surface area contributed by atoms with E-state index in [2.05, 4.69) is 11.0 Å². The van der Waals surface area contributed by atoms with Crippen molar-refractivity contribution in [2.45, 2.75) is 44.6 Å². The number of aryl methyl sites for hydroxylation is 1. The lowest BCUT2D eigenvalue weighted by Crippen LogP contribution is -2.21. The van der Waals surface area contributed by atoms with Crippen molar-refractivity contribution in [1.29, 1.82) is 0 Å². The highest BCUT2D eigenvalue weighted by atomic mass is 16.5. The van der Waals surface area contributed by atoms with Gasteiger partial charge in [-0.2, -0.15) is 0 Å². The lowest BCUT2D eigenvalue weighted by molar-refractivity contribution is 0.156. The molecule has 1 heterocycles. The number of hydrogen-bond donors (Lipinski definition) is 1. The van der Waals surface area contributed by atoms with Gasteiger partial charge in [-0.3, -0.25) is 0 Å². The summed E-state index contributed by atoms with van der Waals surface area (Å²) in [6, 6.07) is 6.20. The topological polar surface area (TPSA) is 32.7 Å². The van der Waals surface area contributed by atoms with Gasteiger partial charge in [0.1, 0.15) is 5.75 Å². The molecule has 0 aromatic heterocycles. The van der Waals surface area contributed by atoms with Gasteiger partial charge in [0.25, 0.3) is 0 Å². The number of aliphatic hydroxyl groups is 1. The van der Waals surface area contributed by atoms with Crippen molar-refractivity contribution in [2.75, 3.05) is 26.2 Å². The maximum atomic E-state index is 10.0. The zero-order valence-corrected chi connectivity index (χ0v) is 12.2. The quantitative estimate of drug-likeness (QED) is 0.839. The molecule has 1 aromatic carbocycles. The molecule has 0 radical (unpaired) electrons. The summed E-state index contributed by atoms with van der Waals surface area (Å²) in [6.07, 6.45) is 6.54. The molecule has 1 aliphatic carbocycles. The maximum absolute atomic E-state index is 10.0. The highest BCUT2D eigenvalue weighted by Crippen LogP contribution is 2.32. The van der Waals surface area contributed by atoms with Gasteiger partial charge in [0.05, 0.1) is 12.7 Å². The van der Waals surface area contributed by atoms with Crippen molar-refractivity contribution in [3.8, 4) is 5.75 Å². The zero-order valence-electron chi connectivity index (χ0n) is 12.2. The van der Waals surface area contributed by atoms with Crippen LogP contribution in [0.2, 0.25) is 0 Å². The smallest absolute Gasteiger partial charge is 0.119 e. The molecule has 1 saturated heterocycles. The highest BCUT2D eigenvalue weighted by molar-refractivity contribution is 5.38.